The quantitative estimate of drug-likeness (QED) is 0.825. The Morgan fingerprint density at radius 2 is 2.44 bits per heavy atom. The van der Waals surface area contributed by atoms with Gasteiger partial charge in [0.2, 0.25) is 0 Å². The minimum Gasteiger partial charge on any atom is -0.480 e. The lowest BCUT2D eigenvalue weighted by Crippen LogP contribution is -2.32. The number of nitrogens with zero attached hydrogens (tertiary/aromatic N) is 2. The third kappa shape index (κ3) is 2.89. The molecule has 1 atom stereocenters. The molecule has 0 fully saturated rings. The highest BCUT2D eigenvalue weighted by molar-refractivity contribution is 7.98. The maximum absolute atomic E-state index is 11.7. The summed E-state index contributed by atoms with van der Waals surface area (Å²) in [4.78, 5) is 27.1. The number of nitrogens with two attached hydrogens (primary N) is 1. The molecule has 8 heteroatoms. The van der Waals surface area contributed by atoms with Gasteiger partial charge in [-0.15, -0.1) is 11.3 Å². The van der Waals surface area contributed by atoms with Gasteiger partial charge in [-0.1, -0.05) is 0 Å². The van der Waals surface area contributed by atoms with Crippen LogP contribution in [0.2, 0.25) is 0 Å². The summed E-state index contributed by atoms with van der Waals surface area (Å²) in [5.41, 5.74) is 5.90. The molecule has 0 aromatic carbocycles. The highest BCUT2D eigenvalue weighted by atomic mass is 32.2. The van der Waals surface area contributed by atoms with E-state index in [0.717, 1.165) is 0 Å². The van der Waals surface area contributed by atoms with Gasteiger partial charge < -0.3 is 10.8 Å². The molecule has 0 unspecified atom stereocenters. The molecule has 0 saturated carbocycles. The van der Waals surface area contributed by atoms with Crippen LogP contribution in [0.1, 0.15) is 5.69 Å². The van der Waals surface area contributed by atoms with Crippen LogP contribution in [0.25, 0.3) is 4.96 Å². The monoisotopic (exact) mass is 285 g/mol. The van der Waals surface area contributed by atoms with Crippen LogP contribution in [0.15, 0.2) is 22.4 Å². The zero-order valence-corrected chi connectivity index (χ0v) is 10.9. The van der Waals surface area contributed by atoms with Crippen molar-refractivity contribution >= 4 is 34.0 Å². The molecule has 96 valence electrons. The number of thioether (sulfide) groups is 1. The van der Waals surface area contributed by atoms with E-state index in [9.17, 15) is 9.59 Å². The molecular weight excluding hydrogens is 274 g/mol. The second-order valence-corrected chi connectivity index (χ2v) is 5.50. The van der Waals surface area contributed by atoms with Crippen molar-refractivity contribution in [1.82, 2.24) is 9.38 Å². The first-order valence-electron chi connectivity index (χ1n) is 5.10. The summed E-state index contributed by atoms with van der Waals surface area (Å²) in [5, 5.41) is 10.4. The van der Waals surface area contributed by atoms with Gasteiger partial charge in [0.15, 0.2) is 4.96 Å². The van der Waals surface area contributed by atoms with Gasteiger partial charge in [0, 0.05) is 29.1 Å². The second kappa shape index (κ2) is 5.51. The lowest BCUT2D eigenvalue weighted by molar-refractivity contribution is -0.137. The van der Waals surface area contributed by atoms with Gasteiger partial charge in [0.05, 0.1) is 5.69 Å². The largest absolute Gasteiger partial charge is 0.480 e. The molecule has 0 saturated heterocycles. The Morgan fingerprint density at radius 1 is 1.67 bits per heavy atom. The molecule has 2 aromatic rings. The summed E-state index contributed by atoms with van der Waals surface area (Å²) in [5.74, 6) is -0.255. The Kier molecular flexibility index (Phi) is 4.00. The Bertz CT molecular complexity index is 622. The molecule has 0 amide bonds. The maximum atomic E-state index is 11.7. The van der Waals surface area contributed by atoms with E-state index in [0.29, 0.717) is 22.2 Å². The van der Waals surface area contributed by atoms with Crippen LogP contribution >= 0.6 is 23.1 Å². The fourth-order valence-electron chi connectivity index (χ4n) is 1.32. The van der Waals surface area contributed by atoms with Crippen LogP contribution < -0.4 is 11.3 Å². The van der Waals surface area contributed by atoms with E-state index in [-0.39, 0.29) is 5.56 Å². The maximum Gasteiger partial charge on any atom is 0.321 e. The summed E-state index contributed by atoms with van der Waals surface area (Å²) in [6.07, 6.45) is 1.67. The van der Waals surface area contributed by atoms with E-state index < -0.39 is 12.0 Å². The summed E-state index contributed by atoms with van der Waals surface area (Å²) in [7, 11) is 0. The fraction of sp³-hybridized carbons (Fsp3) is 0.300. The van der Waals surface area contributed by atoms with Crippen LogP contribution in [0.3, 0.4) is 0 Å². The van der Waals surface area contributed by atoms with Gasteiger partial charge in [-0.2, -0.15) is 11.8 Å². The molecule has 3 N–H and O–H groups in total. The van der Waals surface area contributed by atoms with Crippen molar-refractivity contribution in [1.29, 1.82) is 0 Å². The number of carboxylic acids is 1. The van der Waals surface area contributed by atoms with Crippen LogP contribution in [-0.2, 0) is 10.5 Å². The van der Waals surface area contributed by atoms with Gasteiger partial charge in [-0.25, -0.2) is 4.98 Å². The number of carbonyl (C=O) groups is 1. The van der Waals surface area contributed by atoms with Crippen LogP contribution in [0.4, 0.5) is 0 Å². The number of rotatable bonds is 5. The fourth-order valence-corrected chi connectivity index (χ4v) is 2.93. The second-order valence-electron chi connectivity index (χ2n) is 3.60. The van der Waals surface area contributed by atoms with E-state index in [4.69, 9.17) is 10.8 Å². The number of fused-ring (bicyclic) bond motifs is 1. The smallest absolute Gasteiger partial charge is 0.321 e. The molecule has 0 radical (unpaired) electrons. The van der Waals surface area contributed by atoms with E-state index >= 15 is 0 Å². The highest BCUT2D eigenvalue weighted by Crippen LogP contribution is 2.12. The summed E-state index contributed by atoms with van der Waals surface area (Å²) in [6, 6.07) is 0.570. The zero-order valence-electron chi connectivity index (χ0n) is 9.28. The van der Waals surface area contributed by atoms with Gasteiger partial charge in [-0.3, -0.25) is 14.0 Å². The predicted molar refractivity (Wildman–Crippen MR) is 71.1 cm³/mol. The van der Waals surface area contributed by atoms with Crippen molar-refractivity contribution in [2.24, 2.45) is 5.73 Å². The molecule has 0 aliphatic rings. The molecule has 2 aromatic heterocycles. The van der Waals surface area contributed by atoms with Crippen molar-refractivity contribution in [2.75, 3.05) is 5.75 Å². The topological polar surface area (TPSA) is 97.7 Å². The number of hydrogen-bond acceptors (Lipinski definition) is 6. The van der Waals surface area contributed by atoms with Crippen molar-refractivity contribution in [3.63, 3.8) is 0 Å². The van der Waals surface area contributed by atoms with Gasteiger partial charge in [-0.05, 0) is 0 Å². The van der Waals surface area contributed by atoms with Crippen molar-refractivity contribution in [3.05, 3.63) is 33.7 Å². The Morgan fingerprint density at radius 3 is 3.17 bits per heavy atom. The third-order valence-corrected chi connectivity index (χ3v) is 4.07. The summed E-state index contributed by atoms with van der Waals surface area (Å²) in [6.45, 7) is 0. The first-order valence-corrected chi connectivity index (χ1v) is 7.13. The van der Waals surface area contributed by atoms with Gasteiger partial charge >= 0.3 is 5.97 Å². The zero-order chi connectivity index (χ0) is 13.1. The van der Waals surface area contributed by atoms with Crippen molar-refractivity contribution in [3.8, 4) is 0 Å². The number of aromatic nitrogens is 2. The van der Waals surface area contributed by atoms with Crippen molar-refractivity contribution < 1.29 is 9.90 Å². The molecule has 0 aliphatic carbocycles. The van der Waals surface area contributed by atoms with Gasteiger partial charge in [0.25, 0.3) is 5.56 Å². The normalized spacial score (nSPS) is 12.7. The number of aliphatic carboxylic acids is 1. The van der Waals surface area contributed by atoms with E-state index in [1.54, 1.807) is 11.6 Å². The standard InChI is InChI=1S/C10H11N3O3S2/c11-7(9(15)16)5-17-4-6-3-8(14)13-1-2-18-10(13)12-6/h1-3,7H,4-5,11H2,(H,15,16)/t7-/m1/s1. The lowest BCUT2D eigenvalue weighted by atomic mass is 10.4. The third-order valence-electron chi connectivity index (χ3n) is 2.22. The average Bonchev–Trinajstić information content (AvgIpc) is 2.77. The number of hydrogen-bond donors (Lipinski definition) is 2. The number of carboxylic acid groups (broad SMARTS) is 1. The molecule has 18 heavy (non-hydrogen) atoms. The van der Waals surface area contributed by atoms with Crippen LogP contribution in [-0.4, -0.2) is 32.3 Å². The minimum absolute atomic E-state index is 0.126. The van der Waals surface area contributed by atoms with Crippen LogP contribution in [0.5, 0.6) is 0 Å². The predicted octanol–water partition coefficient (Wildman–Crippen LogP) is 0.401. The molecule has 0 spiro atoms. The molecular formula is C10H11N3O3S2. The van der Waals surface area contributed by atoms with E-state index in [1.807, 2.05) is 0 Å². The first-order chi connectivity index (χ1) is 8.58. The summed E-state index contributed by atoms with van der Waals surface area (Å²) >= 11 is 2.73. The van der Waals surface area contributed by atoms with Crippen molar-refractivity contribution in [2.45, 2.75) is 11.8 Å². The molecule has 2 heterocycles. The Labute approximate surface area is 110 Å². The van der Waals surface area contributed by atoms with E-state index in [2.05, 4.69) is 4.98 Å². The molecule has 0 bridgehead atoms. The summed E-state index contributed by atoms with van der Waals surface area (Å²) < 4.78 is 1.47. The Hall–Kier alpha value is -1.38. The SMILES string of the molecule is N[C@H](CSCc1cc(=O)n2ccsc2n1)C(=O)O. The average molecular weight is 285 g/mol. The molecule has 2 rings (SSSR count). The van der Waals surface area contributed by atoms with Crippen LogP contribution in [0, 0.1) is 0 Å². The molecule has 6 nitrogen and oxygen atoms in total. The van der Waals surface area contributed by atoms with Gasteiger partial charge in [0.1, 0.15) is 6.04 Å². The minimum atomic E-state index is -1.02. The van der Waals surface area contributed by atoms with E-state index in [1.165, 1.54) is 33.6 Å². The first kappa shape index (κ1) is 13.1. The molecule has 0 aliphatic heterocycles. The number of thiazole rings is 1. The lowest BCUT2D eigenvalue weighted by Gasteiger charge is -2.05. The highest BCUT2D eigenvalue weighted by Gasteiger charge is 2.11. The Balaban J connectivity index is 2.04.